The molecule has 0 spiro atoms. The molecule has 0 saturated heterocycles. The Morgan fingerprint density at radius 3 is 1.54 bits per heavy atom. The lowest BCUT2D eigenvalue weighted by Gasteiger charge is -2.14. The molecule has 1 aliphatic rings. The quantitative estimate of drug-likeness (QED) is 0.471. The van der Waals surface area contributed by atoms with Crippen LogP contribution >= 0.6 is 0 Å². The van der Waals surface area contributed by atoms with Gasteiger partial charge in [-0.3, -0.25) is 9.59 Å². The van der Waals surface area contributed by atoms with Gasteiger partial charge in [0.15, 0.2) is 5.41 Å². The first-order valence-corrected chi connectivity index (χ1v) is 4.09. The first-order chi connectivity index (χ1) is 5.92. The third kappa shape index (κ3) is 1.12. The average molecular weight is 186 g/mol. The van der Waals surface area contributed by atoms with Crippen LogP contribution in [0.4, 0.5) is 0 Å². The van der Waals surface area contributed by atoms with E-state index < -0.39 is 17.4 Å². The Morgan fingerprint density at radius 1 is 1.08 bits per heavy atom. The Labute approximate surface area is 77.2 Å². The Morgan fingerprint density at radius 2 is 1.38 bits per heavy atom. The summed E-state index contributed by atoms with van der Waals surface area (Å²) in [6, 6.07) is 0. The van der Waals surface area contributed by atoms with E-state index in [0.717, 1.165) is 0 Å². The van der Waals surface area contributed by atoms with Gasteiger partial charge < -0.3 is 9.47 Å². The van der Waals surface area contributed by atoms with Gasteiger partial charge in [-0.05, 0) is 11.8 Å². The molecule has 0 N–H and O–H groups in total. The fraction of sp³-hybridized carbons (Fsp3) is 0.778. The number of hydrogen-bond donors (Lipinski definition) is 0. The molecule has 0 radical (unpaired) electrons. The Bertz CT molecular complexity index is 238. The lowest BCUT2D eigenvalue weighted by molar-refractivity contribution is -0.163. The van der Waals surface area contributed by atoms with E-state index in [1.54, 1.807) is 0 Å². The van der Waals surface area contributed by atoms with Crippen molar-refractivity contribution in [3.63, 3.8) is 0 Å². The third-order valence-electron chi connectivity index (χ3n) is 2.81. The van der Waals surface area contributed by atoms with Crippen LogP contribution in [0, 0.1) is 10.8 Å². The first-order valence-electron chi connectivity index (χ1n) is 4.09. The summed E-state index contributed by atoms with van der Waals surface area (Å²) in [5, 5.41) is 0. The second kappa shape index (κ2) is 2.72. The lowest BCUT2D eigenvalue weighted by Crippen LogP contribution is -2.32. The SMILES string of the molecule is COC(=O)C1(C(=O)OC)CC1(C)C. The van der Waals surface area contributed by atoms with Crippen molar-refractivity contribution in [2.45, 2.75) is 20.3 Å². The predicted octanol–water partition coefficient (Wildman–Crippen LogP) is 0.749. The van der Waals surface area contributed by atoms with Crippen molar-refractivity contribution in [2.24, 2.45) is 10.8 Å². The molecule has 0 aromatic carbocycles. The molecule has 0 unspecified atom stereocenters. The minimum Gasteiger partial charge on any atom is -0.468 e. The topological polar surface area (TPSA) is 52.6 Å². The second-order valence-corrected chi connectivity index (χ2v) is 3.95. The van der Waals surface area contributed by atoms with Gasteiger partial charge in [0.2, 0.25) is 0 Å². The number of rotatable bonds is 2. The van der Waals surface area contributed by atoms with Gasteiger partial charge in [-0.25, -0.2) is 0 Å². The van der Waals surface area contributed by atoms with Crippen molar-refractivity contribution in [2.75, 3.05) is 14.2 Å². The summed E-state index contributed by atoms with van der Waals surface area (Å²) in [4.78, 5) is 22.8. The van der Waals surface area contributed by atoms with Crippen LogP contribution in [0.2, 0.25) is 0 Å². The number of esters is 2. The van der Waals surface area contributed by atoms with E-state index in [-0.39, 0.29) is 5.41 Å². The standard InChI is InChI=1S/C9H14O4/c1-8(2)5-9(8,6(10)12-3)7(11)13-4/h5H2,1-4H3. The molecule has 0 aromatic heterocycles. The summed E-state index contributed by atoms with van der Waals surface area (Å²) in [5.74, 6) is -0.992. The van der Waals surface area contributed by atoms with Gasteiger partial charge in [-0.1, -0.05) is 13.8 Å². The van der Waals surface area contributed by atoms with Crippen LogP contribution in [0.1, 0.15) is 20.3 Å². The zero-order chi connectivity index (χ0) is 10.3. The molecule has 0 amide bonds. The number of hydrogen-bond acceptors (Lipinski definition) is 4. The molecule has 0 aliphatic heterocycles. The number of carbonyl (C=O) groups excluding carboxylic acids is 2. The van der Waals surface area contributed by atoms with Gasteiger partial charge in [0.05, 0.1) is 14.2 Å². The molecule has 1 fully saturated rings. The largest absolute Gasteiger partial charge is 0.468 e. The van der Waals surface area contributed by atoms with E-state index in [1.807, 2.05) is 13.8 Å². The Hall–Kier alpha value is -1.06. The molecule has 0 atom stereocenters. The molecular formula is C9H14O4. The molecular weight excluding hydrogens is 172 g/mol. The fourth-order valence-electron chi connectivity index (χ4n) is 1.75. The van der Waals surface area contributed by atoms with Crippen LogP contribution in [0.25, 0.3) is 0 Å². The maximum atomic E-state index is 11.4. The van der Waals surface area contributed by atoms with Gasteiger partial charge in [0.25, 0.3) is 0 Å². The summed E-state index contributed by atoms with van der Waals surface area (Å²) < 4.78 is 9.19. The van der Waals surface area contributed by atoms with Crippen LogP contribution in [0.3, 0.4) is 0 Å². The number of methoxy groups -OCH3 is 2. The predicted molar refractivity (Wildman–Crippen MR) is 44.9 cm³/mol. The van der Waals surface area contributed by atoms with Crippen LogP contribution in [0.5, 0.6) is 0 Å². The maximum absolute atomic E-state index is 11.4. The number of ether oxygens (including phenoxy) is 2. The van der Waals surface area contributed by atoms with Gasteiger partial charge in [-0.15, -0.1) is 0 Å². The first kappa shape index (κ1) is 10.0. The highest BCUT2D eigenvalue weighted by Gasteiger charge is 2.73. The molecule has 74 valence electrons. The highest BCUT2D eigenvalue weighted by Crippen LogP contribution is 2.64. The van der Waals surface area contributed by atoms with Crippen LogP contribution in [0.15, 0.2) is 0 Å². The van der Waals surface area contributed by atoms with Gasteiger partial charge in [0, 0.05) is 0 Å². The van der Waals surface area contributed by atoms with Gasteiger partial charge in [0.1, 0.15) is 0 Å². The highest BCUT2D eigenvalue weighted by molar-refractivity contribution is 6.04. The van der Waals surface area contributed by atoms with E-state index in [2.05, 4.69) is 9.47 Å². The van der Waals surface area contributed by atoms with E-state index in [1.165, 1.54) is 14.2 Å². The molecule has 1 saturated carbocycles. The van der Waals surface area contributed by atoms with E-state index in [0.29, 0.717) is 6.42 Å². The fourth-order valence-corrected chi connectivity index (χ4v) is 1.75. The highest BCUT2D eigenvalue weighted by atomic mass is 16.5. The van der Waals surface area contributed by atoms with Crippen molar-refractivity contribution in [1.29, 1.82) is 0 Å². The van der Waals surface area contributed by atoms with Crippen LogP contribution in [-0.2, 0) is 19.1 Å². The minimum atomic E-state index is -1.06. The molecule has 1 rings (SSSR count). The van der Waals surface area contributed by atoms with Crippen molar-refractivity contribution < 1.29 is 19.1 Å². The molecule has 4 heteroatoms. The summed E-state index contributed by atoms with van der Waals surface area (Å²) in [6.07, 6.45) is 0.499. The van der Waals surface area contributed by atoms with Crippen LogP contribution < -0.4 is 0 Å². The van der Waals surface area contributed by atoms with Crippen molar-refractivity contribution in [3.8, 4) is 0 Å². The van der Waals surface area contributed by atoms with Gasteiger partial charge >= 0.3 is 11.9 Å². The van der Waals surface area contributed by atoms with Crippen molar-refractivity contribution in [1.82, 2.24) is 0 Å². The molecule has 4 nitrogen and oxygen atoms in total. The van der Waals surface area contributed by atoms with E-state index in [4.69, 9.17) is 0 Å². The van der Waals surface area contributed by atoms with Crippen molar-refractivity contribution >= 4 is 11.9 Å². The third-order valence-corrected chi connectivity index (χ3v) is 2.81. The normalized spacial score (nSPS) is 21.8. The smallest absolute Gasteiger partial charge is 0.323 e. The lowest BCUT2D eigenvalue weighted by atomic mass is 9.96. The summed E-state index contributed by atoms with van der Waals surface area (Å²) >= 11 is 0. The van der Waals surface area contributed by atoms with E-state index in [9.17, 15) is 9.59 Å². The monoisotopic (exact) mass is 186 g/mol. The Kier molecular flexibility index (Phi) is 2.10. The van der Waals surface area contributed by atoms with Gasteiger partial charge in [-0.2, -0.15) is 0 Å². The molecule has 0 heterocycles. The Balaban J connectivity index is 2.94. The summed E-state index contributed by atoms with van der Waals surface area (Å²) in [6.45, 7) is 3.70. The summed E-state index contributed by atoms with van der Waals surface area (Å²) in [5.41, 5.74) is -1.40. The average Bonchev–Trinajstić information content (AvgIpc) is 2.68. The minimum absolute atomic E-state index is 0.340. The second-order valence-electron chi connectivity index (χ2n) is 3.95. The molecule has 0 aromatic rings. The van der Waals surface area contributed by atoms with E-state index >= 15 is 0 Å². The molecule has 13 heavy (non-hydrogen) atoms. The van der Waals surface area contributed by atoms with Crippen molar-refractivity contribution in [3.05, 3.63) is 0 Å². The summed E-state index contributed by atoms with van der Waals surface area (Å²) in [7, 11) is 2.56. The molecule has 0 bridgehead atoms. The van der Waals surface area contributed by atoms with Crippen LogP contribution in [-0.4, -0.2) is 26.2 Å². The number of carbonyl (C=O) groups is 2. The molecule has 1 aliphatic carbocycles. The zero-order valence-electron chi connectivity index (χ0n) is 8.34. The zero-order valence-corrected chi connectivity index (χ0v) is 8.34. The maximum Gasteiger partial charge on any atom is 0.323 e.